The maximum absolute atomic E-state index is 11.9. The second-order valence-corrected chi connectivity index (χ2v) is 5.40. The van der Waals surface area contributed by atoms with Gasteiger partial charge in [0.1, 0.15) is 0 Å². The lowest BCUT2D eigenvalue weighted by atomic mass is 10.2. The highest BCUT2D eigenvalue weighted by molar-refractivity contribution is 6.40. The van der Waals surface area contributed by atoms with Crippen molar-refractivity contribution >= 4 is 35.3 Å². The number of nitrogens with one attached hydrogen (secondary N) is 2. The Morgan fingerprint density at radius 3 is 2.72 bits per heavy atom. The second-order valence-electron chi connectivity index (χ2n) is 5.00. The van der Waals surface area contributed by atoms with Crippen molar-refractivity contribution in [2.75, 3.05) is 12.4 Å². The summed E-state index contributed by atoms with van der Waals surface area (Å²) in [5.41, 5.74) is 3.79. The summed E-state index contributed by atoms with van der Waals surface area (Å²) < 4.78 is 4.96. The number of halogens is 1. The SMILES string of the molecule is COc1cc(C=NNC(=O)C(=O)Nc2cccc(Cl)c2C)ccc1O. The minimum absolute atomic E-state index is 0.0139. The number of phenols is 1. The van der Waals surface area contributed by atoms with E-state index in [9.17, 15) is 14.7 Å². The van der Waals surface area contributed by atoms with Gasteiger partial charge in [-0.2, -0.15) is 5.10 Å². The summed E-state index contributed by atoms with van der Waals surface area (Å²) >= 11 is 5.96. The Morgan fingerprint density at radius 2 is 2.00 bits per heavy atom. The molecule has 8 heteroatoms. The Bertz CT molecular complexity index is 837. The van der Waals surface area contributed by atoms with E-state index in [2.05, 4.69) is 15.8 Å². The first-order valence-electron chi connectivity index (χ1n) is 7.19. The minimum atomic E-state index is -0.929. The first kappa shape index (κ1) is 18.3. The van der Waals surface area contributed by atoms with Gasteiger partial charge in [-0.3, -0.25) is 9.59 Å². The van der Waals surface area contributed by atoms with Crippen LogP contribution in [0.5, 0.6) is 11.5 Å². The summed E-state index contributed by atoms with van der Waals surface area (Å²) in [6, 6.07) is 9.51. The van der Waals surface area contributed by atoms with E-state index in [1.54, 1.807) is 31.2 Å². The number of hydrogen-bond donors (Lipinski definition) is 3. The number of nitrogens with zero attached hydrogens (tertiary/aromatic N) is 1. The van der Waals surface area contributed by atoms with Gasteiger partial charge in [0.25, 0.3) is 0 Å². The van der Waals surface area contributed by atoms with Crippen molar-refractivity contribution in [3.63, 3.8) is 0 Å². The van der Waals surface area contributed by atoms with Gasteiger partial charge in [0.2, 0.25) is 0 Å². The zero-order valence-corrected chi connectivity index (χ0v) is 14.3. The number of carbonyl (C=O) groups is 2. The molecule has 0 radical (unpaired) electrons. The molecule has 0 saturated carbocycles. The Balaban J connectivity index is 1.97. The molecule has 0 aliphatic carbocycles. The average molecular weight is 362 g/mol. The highest BCUT2D eigenvalue weighted by atomic mass is 35.5. The Hall–Kier alpha value is -3.06. The molecule has 0 atom stereocenters. The Labute approximate surface area is 149 Å². The van der Waals surface area contributed by atoms with Crippen LogP contribution >= 0.6 is 11.6 Å². The number of hydrogen-bond acceptors (Lipinski definition) is 5. The maximum Gasteiger partial charge on any atom is 0.329 e. The van der Waals surface area contributed by atoms with Gasteiger partial charge in [-0.25, -0.2) is 5.43 Å². The molecule has 0 fully saturated rings. The van der Waals surface area contributed by atoms with Crippen LogP contribution in [0.1, 0.15) is 11.1 Å². The van der Waals surface area contributed by atoms with E-state index in [-0.39, 0.29) is 11.5 Å². The summed E-state index contributed by atoms with van der Waals surface area (Å²) in [7, 11) is 1.42. The van der Waals surface area contributed by atoms with E-state index in [1.807, 2.05) is 0 Å². The van der Waals surface area contributed by atoms with E-state index in [0.29, 0.717) is 21.8 Å². The van der Waals surface area contributed by atoms with Crippen LogP contribution < -0.4 is 15.5 Å². The summed E-state index contributed by atoms with van der Waals surface area (Å²) in [5, 5.41) is 16.1. The number of rotatable bonds is 4. The molecule has 0 saturated heterocycles. The Morgan fingerprint density at radius 1 is 1.24 bits per heavy atom. The van der Waals surface area contributed by atoms with E-state index in [0.717, 1.165) is 0 Å². The number of hydrazone groups is 1. The topological polar surface area (TPSA) is 100 Å². The van der Waals surface area contributed by atoms with Gasteiger partial charge in [-0.05, 0) is 48.4 Å². The fraction of sp³-hybridized carbons (Fsp3) is 0.118. The number of methoxy groups -OCH3 is 1. The molecule has 0 heterocycles. The molecular formula is C17H16ClN3O4. The predicted octanol–water partition coefficient (Wildman–Crippen LogP) is 2.45. The molecule has 25 heavy (non-hydrogen) atoms. The van der Waals surface area contributed by atoms with E-state index in [1.165, 1.54) is 25.5 Å². The molecule has 0 bridgehead atoms. The molecule has 2 aromatic carbocycles. The number of ether oxygens (including phenoxy) is 1. The summed E-state index contributed by atoms with van der Waals surface area (Å²) in [4.78, 5) is 23.6. The third kappa shape index (κ3) is 4.71. The smallest absolute Gasteiger partial charge is 0.329 e. The number of carbonyl (C=O) groups excluding carboxylic acids is 2. The number of aromatic hydroxyl groups is 1. The first-order valence-corrected chi connectivity index (χ1v) is 7.56. The molecule has 0 aliphatic heterocycles. The van der Waals surface area contributed by atoms with Gasteiger partial charge in [0.15, 0.2) is 11.5 Å². The van der Waals surface area contributed by atoms with Gasteiger partial charge in [0.05, 0.1) is 13.3 Å². The average Bonchev–Trinajstić information content (AvgIpc) is 2.60. The molecule has 2 rings (SSSR count). The van der Waals surface area contributed by atoms with Crippen molar-refractivity contribution in [2.45, 2.75) is 6.92 Å². The van der Waals surface area contributed by atoms with Crippen molar-refractivity contribution in [1.29, 1.82) is 0 Å². The van der Waals surface area contributed by atoms with Crippen LogP contribution in [0.4, 0.5) is 5.69 Å². The molecule has 0 aromatic heterocycles. The van der Waals surface area contributed by atoms with Crippen molar-refractivity contribution in [2.24, 2.45) is 5.10 Å². The molecule has 7 nitrogen and oxygen atoms in total. The van der Waals surface area contributed by atoms with Crippen LogP contribution in [0.2, 0.25) is 5.02 Å². The summed E-state index contributed by atoms with van der Waals surface area (Å²) in [6.45, 7) is 1.73. The van der Waals surface area contributed by atoms with Crippen molar-refractivity contribution < 1.29 is 19.4 Å². The molecular weight excluding hydrogens is 346 g/mol. The predicted molar refractivity (Wildman–Crippen MR) is 95.2 cm³/mol. The standard InChI is InChI=1S/C17H16ClN3O4/c1-10-12(18)4-3-5-13(10)20-16(23)17(24)21-19-9-11-6-7-14(22)15(8-11)25-2/h3-9,22H,1-2H3,(H,20,23)(H,21,24). The highest BCUT2D eigenvalue weighted by Crippen LogP contribution is 2.25. The molecule has 2 amide bonds. The summed E-state index contributed by atoms with van der Waals surface area (Å²) in [5.74, 6) is -1.54. The van der Waals surface area contributed by atoms with Crippen LogP contribution in [0.25, 0.3) is 0 Å². The zero-order chi connectivity index (χ0) is 18.4. The van der Waals surface area contributed by atoms with Gasteiger partial charge < -0.3 is 15.2 Å². The zero-order valence-electron chi connectivity index (χ0n) is 13.5. The van der Waals surface area contributed by atoms with Crippen LogP contribution in [0, 0.1) is 6.92 Å². The molecule has 3 N–H and O–H groups in total. The number of phenolic OH excluding ortho intramolecular Hbond substituents is 1. The van der Waals surface area contributed by atoms with Crippen molar-refractivity contribution in [1.82, 2.24) is 5.43 Å². The quantitative estimate of drug-likeness (QED) is 0.442. The first-order chi connectivity index (χ1) is 11.9. The van der Waals surface area contributed by atoms with Crippen LogP contribution in [0.3, 0.4) is 0 Å². The second kappa shape index (κ2) is 8.16. The van der Waals surface area contributed by atoms with Gasteiger partial charge >= 0.3 is 11.8 Å². The number of benzene rings is 2. The fourth-order valence-corrected chi connectivity index (χ4v) is 2.09. The van der Waals surface area contributed by atoms with Crippen LogP contribution in [-0.4, -0.2) is 30.2 Å². The van der Waals surface area contributed by atoms with Gasteiger partial charge in [-0.1, -0.05) is 17.7 Å². The molecule has 0 spiro atoms. The van der Waals surface area contributed by atoms with Crippen LogP contribution in [-0.2, 0) is 9.59 Å². The van der Waals surface area contributed by atoms with Crippen molar-refractivity contribution in [3.05, 3.63) is 52.5 Å². The largest absolute Gasteiger partial charge is 0.504 e. The number of amides is 2. The number of anilines is 1. The molecule has 130 valence electrons. The van der Waals surface area contributed by atoms with Crippen LogP contribution in [0.15, 0.2) is 41.5 Å². The minimum Gasteiger partial charge on any atom is -0.504 e. The normalized spacial score (nSPS) is 10.5. The lowest BCUT2D eigenvalue weighted by molar-refractivity contribution is -0.136. The summed E-state index contributed by atoms with van der Waals surface area (Å²) in [6.07, 6.45) is 1.32. The lowest BCUT2D eigenvalue weighted by Gasteiger charge is -2.08. The van der Waals surface area contributed by atoms with E-state index in [4.69, 9.17) is 16.3 Å². The van der Waals surface area contributed by atoms with E-state index >= 15 is 0 Å². The molecule has 0 unspecified atom stereocenters. The Kier molecular flexibility index (Phi) is 5.97. The lowest BCUT2D eigenvalue weighted by Crippen LogP contribution is -2.32. The monoisotopic (exact) mass is 361 g/mol. The third-order valence-electron chi connectivity index (χ3n) is 3.31. The van der Waals surface area contributed by atoms with E-state index < -0.39 is 11.8 Å². The third-order valence-corrected chi connectivity index (χ3v) is 3.72. The van der Waals surface area contributed by atoms with Crippen molar-refractivity contribution in [3.8, 4) is 11.5 Å². The molecule has 0 aliphatic rings. The fourth-order valence-electron chi connectivity index (χ4n) is 1.91. The maximum atomic E-state index is 11.9. The molecule has 2 aromatic rings. The highest BCUT2D eigenvalue weighted by Gasteiger charge is 2.14. The van der Waals surface area contributed by atoms with Gasteiger partial charge in [0, 0.05) is 10.7 Å². The van der Waals surface area contributed by atoms with Gasteiger partial charge in [-0.15, -0.1) is 0 Å².